The Hall–Kier alpha value is -3.41. The van der Waals surface area contributed by atoms with Crippen LogP contribution in [0.3, 0.4) is 0 Å². The number of aliphatic carboxylic acids is 1. The molecule has 3 N–H and O–H groups in total. The largest absolute Gasteiger partial charge is 1.00 e. The van der Waals surface area contributed by atoms with Crippen LogP contribution in [0.2, 0.25) is 0 Å². The predicted octanol–water partition coefficient (Wildman–Crippen LogP) is 2.26. The fourth-order valence-corrected chi connectivity index (χ4v) is 5.32. The molecule has 0 radical (unpaired) electrons. The predicted molar refractivity (Wildman–Crippen MR) is 155 cm³/mol. The first-order chi connectivity index (χ1) is 20.4. The van der Waals surface area contributed by atoms with Gasteiger partial charge >= 0.3 is 29.6 Å². The summed E-state index contributed by atoms with van der Waals surface area (Å²) in [4.78, 5) is 24.9. The van der Waals surface area contributed by atoms with Gasteiger partial charge in [0.25, 0.3) is 5.91 Å². The number of aliphatic hydroxyl groups excluding tert-OH is 2. The molecule has 4 aromatic rings. The van der Waals surface area contributed by atoms with E-state index < -0.39 is 48.0 Å². The van der Waals surface area contributed by atoms with Crippen LogP contribution in [0.1, 0.15) is 55.3 Å². The van der Waals surface area contributed by atoms with Crippen molar-refractivity contribution in [2.75, 3.05) is 5.32 Å². The number of halogens is 3. The Morgan fingerprint density at radius 2 is 1.43 bits per heavy atom. The van der Waals surface area contributed by atoms with E-state index in [1.165, 1.54) is 12.1 Å². The summed E-state index contributed by atoms with van der Waals surface area (Å²) in [6, 6.07) is 17.1. The Morgan fingerprint density at radius 3 is 2.00 bits per heavy atom. The van der Waals surface area contributed by atoms with Crippen LogP contribution in [0.25, 0.3) is 22.3 Å². The van der Waals surface area contributed by atoms with Crippen LogP contribution >= 0.6 is 0 Å². The molecule has 0 fully saturated rings. The minimum atomic E-state index is -1.44. The Bertz CT molecular complexity index is 1570. The van der Waals surface area contributed by atoms with Gasteiger partial charge in [-0.05, 0) is 68.5 Å². The molecule has 0 aliphatic heterocycles. The van der Waals surface area contributed by atoms with Gasteiger partial charge in [-0.15, -0.1) is 0 Å². The molecule has 0 bridgehead atoms. The molecule has 44 heavy (non-hydrogen) atoms. The van der Waals surface area contributed by atoms with Crippen molar-refractivity contribution in [3.8, 4) is 22.3 Å². The molecule has 1 amide bonds. The van der Waals surface area contributed by atoms with E-state index >= 15 is 0 Å². The number of benzene rings is 3. The van der Waals surface area contributed by atoms with Crippen molar-refractivity contribution in [2.45, 2.75) is 57.8 Å². The van der Waals surface area contributed by atoms with Crippen LogP contribution in [-0.2, 0) is 11.2 Å². The number of rotatable bonds is 12. The molecule has 226 valence electrons. The number of hydrogen-bond donors (Lipinski definition) is 3. The second kappa shape index (κ2) is 15.5. The summed E-state index contributed by atoms with van der Waals surface area (Å²) in [6.45, 7) is 3.71. The average Bonchev–Trinajstić information content (AvgIpc) is 3.27. The Labute approximate surface area is 275 Å². The number of nitrogens with zero attached hydrogens (tertiary/aromatic N) is 1. The van der Waals surface area contributed by atoms with Crippen LogP contribution in [-0.4, -0.2) is 38.9 Å². The van der Waals surface area contributed by atoms with Gasteiger partial charge in [0, 0.05) is 47.0 Å². The maximum absolute atomic E-state index is 14.0. The number of carboxylic acids is 1. The van der Waals surface area contributed by atoms with Crippen LogP contribution in [0, 0.1) is 17.5 Å². The van der Waals surface area contributed by atoms with Gasteiger partial charge in [-0.25, -0.2) is 13.2 Å². The smallest absolute Gasteiger partial charge is 0.550 e. The number of amides is 1. The van der Waals surface area contributed by atoms with Crippen LogP contribution in [0.15, 0.2) is 72.8 Å². The second-order valence-corrected chi connectivity index (χ2v) is 10.7. The minimum absolute atomic E-state index is 0. The number of anilines is 1. The third-order valence-corrected chi connectivity index (χ3v) is 7.02. The molecule has 0 saturated heterocycles. The summed E-state index contributed by atoms with van der Waals surface area (Å²) in [5.74, 6) is -4.26. The molecule has 7 nitrogen and oxygen atoms in total. The summed E-state index contributed by atoms with van der Waals surface area (Å²) in [7, 11) is 0. The molecule has 1 heterocycles. The maximum atomic E-state index is 14.0. The van der Waals surface area contributed by atoms with E-state index in [9.17, 15) is 38.1 Å². The van der Waals surface area contributed by atoms with Gasteiger partial charge in [-0.3, -0.25) is 4.79 Å². The number of carboxylic acid groups (broad SMARTS) is 1. The molecule has 0 unspecified atom stereocenters. The van der Waals surface area contributed by atoms with Crippen LogP contribution in [0.5, 0.6) is 0 Å². The molecular weight excluding hydrogens is 584 g/mol. The monoisotopic (exact) mass is 616 g/mol. The summed E-state index contributed by atoms with van der Waals surface area (Å²) in [5.41, 5.74) is 3.06. The molecule has 0 aliphatic carbocycles. The fourth-order valence-electron chi connectivity index (χ4n) is 5.32. The third kappa shape index (κ3) is 8.61. The van der Waals surface area contributed by atoms with Crippen molar-refractivity contribution in [3.63, 3.8) is 0 Å². The molecule has 2 atom stereocenters. The van der Waals surface area contributed by atoms with E-state index in [0.717, 1.165) is 12.1 Å². The van der Waals surface area contributed by atoms with Crippen molar-refractivity contribution in [2.24, 2.45) is 0 Å². The summed E-state index contributed by atoms with van der Waals surface area (Å²) in [6.07, 6.45) is -2.93. The topological polar surface area (TPSA) is 115 Å². The Kier molecular flexibility index (Phi) is 12.4. The Balaban J connectivity index is 0.00000529. The van der Waals surface area contributed by atoms with Gasteiger partial charge in [-0.1, -0.05) is 42.5 Å². The van der Waals surface area contributed by atoms with E-state index in [4.69, 9.17) is 0 Å². The van der Waals surface area contributed by atoms with Gasteiger partial charge in [-0.2, -0.15) is 0 Å². The molecule has 0 aliphatic rings. The van der Waals surface area contributed by atoms with Crippen molar-refractivity contribution < 1.29 is 67.6 Å². The van der Waals surface area contributed by atoms with E-state index in [1.54, 1.807) is 41.0 Å². The zero-order valence-corrected chi connectivity index (χ0v) is 26.7. The zero-order chi connectivity index (χ0) is 31.3. The molecule has 1 aromatic heterocycles. The van der Waals surface area contributed by atoms with Gasteiger partial charge < -0.3 is 30.0 Å². The first kappa shape index (κ1) is 35.1. The number of carbonyl (C=O) groups excluding carboxylic acids is 2. The van der Waals surface area contributed by atoms with Crippen molar-refractivity contribution in [3.05, 3.63) is 102 Å². The summed E-state index contributed by atoms with van der Waals surface area (Å²) in [5, 5.41) is 34.2. The summed E-state index contributed by atoms with van der Waals surface area (Å²) < 4.78 is 43.8. The van der Waals surface area contributed by atoms with Crippen molar-refractivity contribution in [1.29, 1.82) is 0 Å². The fraction of sp³-hybridized carbons (Fsp3) is 0.273. The van der Waals surface area contributed by atoms with Gasteiger partial charge in [0.2, 0.25) is 0 Å². The van der Waals surface area contributed by atoms with E-state index in [-0.39, 0.29) is 66.2 Å². The molecule has 0 saturated carbocycles. The normalized spacial score (nSPS) is 12.5. The second-order valence-electron chi connectivity index (χ2n) is 10.7. The zero-order valence-electron chi connectivity index (χ0n) is 24.7. The average molecular weight is 617 g/mol. The molecule has 11 heteroatoms. The number of carbonyl (C=O) groups is 2. The van der Waals surface area contributed by atoms with Gasteiger partial charge in [0.15, 0.2) is 0 Å². The molecule has 4 rings (SSSR count). The molecule has 3 aromatic carbocycles. The van der Waals surface area contributed by atoms with E-state index in [1.807, 2.05) is 19.9 Å². The van der Waals surface area contributed by atoms with E-state index in [0.29, 0.717) is 34.0 Å². The number of hydrogen-bond acceptors (Lipinski definition) is 5. The van der Waals surface area contributed by atoms with Gasteiger partial charge in [0.05, 0.1) is 12.2 Å². The SMILES string of the molecule is CC(C)n1c(CC[C@@H](O)C[C@@H](O)CC(=O)[O-])c(-c2ccc(F)cc2)c(-c2ccccc2)c1C(=O)Nc1cc(F)cc(F)c1.[Na+]. The third-order valence-electron chi connectivity index (χ3n) is 7.02. The first-order valence-electron chi connectivity index (χ1n) is 13.9. The Morgan fingerprint density at radius 1 is 0.841 bits per heavy atom. The standard InChI is InChI=1S/C33H33F3N2O5.Na/c1-19(2)38-28(13-12-26(39)17-27(40)18-29(41)42)30(21-8-10-22(34)11-9-21)31(20-6-4-3-5-7-20)32(38)33(43)37-25-15-23(35)14-24(36)16-25;/h3-11,14-16,19,26-27,39-40H,12-13,17-18H2,1-2H3,(H,37,43)(H,41,42);/q;+1/p-1/t26-,27-;/m1./s1. The summed E-state index contributed by atoms with van der Waals surface area (Å²) >= 11 is 0. The maximum Gasteiger partial charge on any atom is 1.00 e. The van der Waals surface area contributed by atoms with Crippen LogP contribution < -0.4 is 40.0 Å². The number of aliphatic hydroxyl groups is 2. The number of aromatic nitrogens is 1. The van der Waals surface area contributed by atoms with Crippen molar-refractivity contribution in [1.82, 2.24) is 4.57 Å². The first-order valence-corrected chi connectivity index (χ1v) is 13.9. The quantitative estimate of drug-likeness (QED) is 0.212. The van der Waals surface area contributed by atoms with Crippen molar-refractivity contribution >= 4 is 17.6 Å². The van der Waals surface area contributed by atoms with E-state index in [2.05, 4.69) is 5.32 Å². The minimum Gasteiger partial charge on any atom is -0.550 e. The molecular formula is C33H32F3N2NaO5. The van der Waals surface area contributed by atoms with Crippen LogP contribution in [0.4, 0.5) is 18.9 Å². The molecule has 0 spiro atoms. The number of nitrogens with one attached hydrogen (secondary N) is 1. The van der Waals surface area contributed by atoms with Gasteiger partial charge in [0.1, 0.15) is 23.1 Å².